The highest BCUT2D eigenvalue weighted by Crippen LogP contribution is 2.14. The van der Waals surface area contributed by atoms with Crippen LogP contribution in [0.4, 0.5) is 0 Å². The van der Waals surface area contributed by atoms with Crippen molar-refractivity contribution in [2.75, 3.05) is 27.3 Å². The van der Waals surface area contributed by atoms with Crippen molar-refractivity contribution in [3.8, 4) is 0 Å². The molecule has 0 radical (unpaired) electrons. The fourth-order valence-corrected chi connectivity index (χ4v) is 2.85. The average molecular weight is 352 g/mol. The van der Waals surface area contributed by atoms with E-state index in [4.69, 9.17) is 9.15 Å². The second-order valence-electron chi connectivity index (χ2n) is 5.03. The lowest BCUT2D eigenvalue weighted by atomic mass is 10.2. The smallest absolute Gasteiger partial charge is 0.254 e. The lowest BCUT2D eigenvalue weighted by Gasteiger charge is -2.21. The van der Waals surface area contributed by atoms with Crippen molar-refractivity contribution in [1.82, 2.24) is 9.62 Å². The number of carbonyl (C=O) groups is 1. The van der Waals surface area contributed by atoms with Gasteiger partial charge >= 0.3 is 0 Å². The highest BCUT2D eigenvalue weighted by Gasteiger charge is 2.18. The standard InChI is InChI=1S/C16H20N2O5S/c1-17-24(20,21)15-7-5-13(6-8-15)16(19)18(9-11-22-2)12-14-4-3-10-23-14/h3-8,10,17H,9,11-12H2,1-2H3. The number of hydrogen-bond acceptors (Lipinski definition) is 5. The molecule has 0 atom stereocenters. The number of ether oxygens (including phenoxy) is 1. The molecule has 0 aliphatic heterocycles. The number of nitrogens with one attached hydrogen (secondary N) is 1. The van der Waals surface area contributed by atoms with Gasteiger partial charge in [0.25, 0.3) is 5.91 Å². The van der Waals surface area contributed by atoms with E-state index in [0.717, 1.165) is 0 Å². The van der Waals surface area contributed by atoms with Crippen LogP contribution in [0.25, 0.3) is 0 Å². The summed E-state index contributed by atoms with van der Waals surface area (Å²) in [5, 5.41) is 0. The van der Waals surface area contributed by atoms with Gasteiger partial charge in [0.15, 0.2) is 0 Å². The SMILES string of the molecule is CNS(=O)(=O)c1ccc(C(=O)N(CCOC)Cc2ccco2)cc1. The molecule has 130 valence electrons. The van der Waals surface area contributed by atoms with Crippen LogP contribution in [-0.4, -0.2) is 46.5 Å². The molecule has 7 nitrogen and oxygen atoms in total. The number of furan rings is 1. The first kappa shape index (κ1) is 18.2. The normalized spacial score (nSPS) is 11.4. The predicted octanol–water partition coefficient (Wildman–Crippen LogP) is 1.48. The molecule has 2 rings (SSSR count). The molecule has 0 fully saturated rings. The van der Waals surface area contributed by atoms with E-state index in [2.05, 4.69) is 4.72 Å². The molecule has 1 aromatic heterocycles. The summed E-state index contributed by atoms with van der Waals surface area (Å²) in [6.07, 6.45) is 1.55. The highest BCUT2D eigenvalue weighted by molar-refractivity contribution is 7.89. The van der Waals surface area contributed by atoms with Gasteiger partial charge in [-0.25, -0.2) is 13.1 Å². The zero-order chi connectivity index (χ0) is 17.6. The summed E-state index contributed by atoms with van der Waals surface area (Å²) < 4.78 is 36.0. The van der Waals surface area contributed by atoms with Crippen LogP contribution < -0.4 is 4.72 Å². The lowest BCUT2D eigenvalue weighted by Crippen LogP contribution is -2.33. The lowest BCUT2D eigenvalue weighted by molar-refractivity contribution is 0.0666. The van der Waals surface area contributed by atoms with E-state index < -0.39 is 10.0 Å². The van der Waals surface area contributed by atoms with Gasteiger partial charge in [-0.05, 0) is 43.4 Å². The van der Waals surface area contributed by atoms with Crippen LogP contribution in [0.2, 0.25) is 0 Å². The Hall–Kier alpha value is -2.16. The molecule has 1 heterocycles. The summed E-state index contributed by atoms with van der Waals surface area (Å²) >= 11 is 0. The maximum Gasteiger partial charge on any atom is 0.254 e. The summed E-state index contributed by atoms with van der Waals surface area (Å²) in [5.74, 6) is 0.436. The highest BCUT2D eigenvalue weighted by atomic mass is 32.2. The molecule has 24 heavy (non-hydrogen) atoms. The molecule has 8 heteroatoms. The number of nitrogens with zero attached hydrogens (tertiary/aromatic N) is 1. The summed E-state index contributed by atoms with van der Waals surface area (Å²) in [7, 11) is -0.626. The Morgan fingerprint density at radius 1 is 1.25 bits per heavy atom. The second kappa shape index (κ2) is 8.09. The van der Waals surface area contributed by atoms with Crippen molar-refractivity contribution in [2.24, 2.45) is 0 Å². The minimum absolute atomic E-state index is 0.107. The Morgan fingerprint density at radius 3 is 2.50 bits per heavy atom. The van der Waals surface area contributed by atoms with Crippen molar-refractivity contribution >= 4 is 15.9 Å². The minimum Gasteiger partial charge on any atom is -0.467 e. The molecule has 0 aliphatic carbocycles. The van der Waals surface area contributed by atoms with Gasteiger partial charge < -0.3 is 14.1 Å². The number of benzene rings is 1. The molecule has 0 aliphatic rings. The number of amides is 1. The Labute approximate surface area is 141 Å². The Kier molecular flexibility index (Phi) is 6.13. The van der Waals surface area contributed by atoms with E-state index in [1.807, 2.05) is 0 Å². The van der Waals surface area contributed by atoms with Crippen LogP contribution in [0.1, 0.15) is 16.1 Å². The largest absolute Gasteiger partial charge is 0.467 e. The molecule has 0 spiro atoms. The van der Waals surface area contributed by atoms with Gasteiger partial charge in [0.05, 0.1) is 24.3 Å². The van der Waals surface area contributed by atoms with Crippen molar-refractivity contribution < 1.29 is 22.4 Å². The third kappa shape index (κ3) is 4.44. The van der Waals surface area contributed by atoms with Gasteiger partial charge in [-0.3, -0.25) is 4.79 Å². The molecular formula is C16H20N2O5S. The molecule has 1 aromatic carbocycles. The zero-order valence-electron chi connectivity index (χ0n) is 13.6. The number of rotatable bonds is 8. The van der Waals surface area contributed by atoms with Crippen LogP contribution in [0.3, 0.4) is 0 Å². The van der Waals surface area contributed by atoms with Gasteiger partial charge in [-0.15, -0.1) is 0 Å². The van der Waals surface area contributed by atoms with Crippen LogP contribution in [0.15, 0.2) is 52.0 Å². The van der Waals surface area contributed by atoms with Gasteiger partial charge in [0.1, 0.15) is 5.76 Å². The first-order valence-electron chi connectivity index (χ1n) is 7.32. The third-order valence-corrected chi connectivity index (χ3v) is 4.89. The average Bonchev–Trinajstić information content (AvgIpc) is 3.11. The van der Waals surface area contributed by atoms with Gasteiger partial charge in [-0.2, -0.15) is 0 Å². The maximum atomic E-state index is 12.7. The molecule has 0 saturated carbocycles. The number of methoxy groups -OCH3 is 1. The Morgan fingerprint density at radius 2 is 1.96 bits per heavy atom. The topological polar surface area (TPSA) is 88.9 Å². The van der Waals surface area contributed by atoms with Gasteiger partial charge in [-0.1, -0.05) is 0 Å². The van der Waals surface area contributed by atoms with E-state index in [9.17, 15) is 13.2 Å². The van der Waals surface area contributed by atoms with Crippen molar-refractivity contribution in [3.05, 3.63) is 54.0 Å². The van der Waals surface area contributed by atoms with Crippen molar-refractivity contribution in [3.63, 3.8) is 0 Å². The summed E-state index contributed by atoms with van der Waals surface area (Å²) in [6, 6.07) is 9.34. The summed E-state index contributed by atoms with van der Waals surface area (Å²) in [4.78, 5) is 14.4. The maximum absolute atomic E-state index is 12.7. The monoisotopic (exact) mass is 352 g/mol. The fourth-order valence-electron chi connectivity index (χ4n) is 2.12. The van der Waals surface area contributed by atoms with E-state index in [1.165, 1.54) is 31.3 Å². The second-order valence-corrected chi connectivity index (χ2v) is 6.92. The Balaban J connectivity index is 2.19. The quantitative estimate of drug-likeness (QED) is 0.777. The van der Waals surface area contributed by atoms with Gasteiger partial charge in [0.2, 0.25) is 10.0 Å². The summed E-state index contributed by atoms with van der Waals surface area (Å²) in [5.41, 5.74) is 0.396. The first-order valence-corrected chi connectivity index (χ1v) is 8.80. The molecule has 1 amide bonds. The number of carbonyl (C=O) groups excluding carboxylic acids is 1. The molecule has 0 saturated heterocycles. The third-order valence-electron chi connectivity index (χ3n) is 3.46. The first-order chi connectivity index (χ1) is 11.5. The molecule has 2 aromatic rings. The molecule has 0 unspecified atom stereocenters. The summed E-state index contributed by atoms with van der Waals surface area (Å²) in [6.45, 7) is 1.09. The van der Waals surface area contributed by atoms with Crippen LogP contribution in [-0.2, 0) is 21.3 Å². The number of hydrogen-bond donors (Lipinski definition) is 1. The fraction of sp³-hybridized carbons (Fsp3) is 0.312. The zero-order valence-corrected chi connectivity index (χ0v) is 14.4. The minimum atomic E-state index is -3.53. The Bertz CT molecular complexity index is 754. The van der Waals surface area contributed by atoms with Gasteiger partial charge in [0, 0.05) is 19.2 Å². The van der Waals surface area contributed by atoms with Crippen LogP contribution >= 0.6 is 0 Å². The van der Waals surface area contributed by atoms with E-state index >= 15 is 0 Å². The number of sulfonamides is 1. The van der Waals surface area contributed by atoms with E-state index in [1.54, 1.807) is 30.4 Å². The molecule has 1 N–H and O–H groups in total. The van der Waals surface area contributed by atoms with Crippen molar-refractivity contribution in [1.29, 1.82) is 0 Å². The van der Waals surface area contributed by atoms with E-state index in [0.29, 0.717) is 31.0 Å². The van der Waals surface area contributed by atoms with Crippen LogP contribution in [0, 0.1) is 0 Å². The van der Waals surface area contributed by atoms with E-state index in [-0.39, 0.29) is 10.8 Å². The predicted molar refractivity (Wildman–Crippen MR) is 88.0 cm³/mol. The van der Waals surface area contributed by atoms with Crippen molar-refractivity contribution in [2.45, 2.75) is 11.4 Å². The molecular weight excluding hydrogens is 332 g/mol. The van der Waals surface area contributed by atoms with Crippen LogP contribution in [0.5, 0.6) is 0 Å². The molecule has 0 bridgehead atoms.